The van der Waals surface area contributed by atoms with E-state index in [1.165, 1.54) is 36.2 Å². The number of rotatable bonds is 15. The van der Waals surface area contributed by atoms with Crippen LogP contribution in [0, 0.1) is 0 Å². The second-order valence-corrected chi connectivity index (χ2v) is 27.6. The van der Waals surface area contributed by atoms with Crippen LogP contribution in [0.1, 0.15) is 66.2 Å². The van der Waals surface area contributed by atoms with Crippen LogP contribution in [0.3, 0.4) is 0 Å². The smallest absolute Gasteiger partial charge is 0.126 e. The van der Waals surface area contributed by atoms with E-state index in [2.05, 4.69) is 67.0 Å². The van der Waals surface area contributed by atoms with Gasteiger partial charge in [0.05, 0.1) is 16.1 Å². The van der Waals surface area contributed by atoms with E-state index < -0.39 is 30.4 Å². The van der Waals surface area contributed by atoms with Gasteiger partial charge in [0.15, 0.2) is 0 Å². The third-order valence-corrected chi connectivity index (χ3v) is 23.4. The van der Waals surface area contributed by atoms with Gasteiger partial charge in [-0.3, -0.25) is 0 Å². The first kappa shape index (κ1) is 29.4. The molecule has 0 aliphatic carbocycles. The molecule has 0 saturated heterocycles. The third-order valence-electron chi connectivity index (χ3n) is 5.64. The largest absolute Gasteiger partial charge is 0.159 e. The minimum Gasteiger partial charge on any atom is -0.159 e. The van der Waals surface area contributed by atoms with E-state index in [-0.39, 0.29) is 0 Å². The summed E-state index contributed by atoms with van der Waals surface area (Å²) in [4.78, 5) is 0. The van der Waals surface area contributed by atoms with E-state index in [9.17, 15) is 0 Å². The van der Waals surface area contributed by atoms with E-state index >= 15 is 0 Å². The summed E-state index contributed by atoms with van der Waals surface area (Å²) >= 11 is 0. The Morgan fingerprint density at radius 2 is 0.750 bits per heavy atom. The van der Waals surface area contributed by atoms with Crippen LogP contribution in [0.4, 0.5) is 0 Å². The van der Waals surface area contributed by atoms with Crippen molar-refractivity contribution in [2.75, 3.05) is 24.6 Å². The van der Waals surface area contributed by atoms with E-state index in [0.717, 1.165) is 0 Å². The molecule has 170 valence electrons. The molecule has 2 atom stereocenters. The highest BCUT2D eigenvalue weighted by Crippen LogP contribution is 2.66. The molecule has 0 heterocycles. The first-order valence-electron chi connectivity index (χ1n) is 11.5. The molecule has 0 fully saturated rings. The zero-order chi connectivity index (χ0) is 22.2. The maximum Gasteiger partial charge on any atom is 0.126 e. The van der Waals surface area contributed by atoms with Gasteiger partial charge >= 0.3 is 0 Å². The molecule has 0 N–H and O–H groups in total. The molecule has 0 bridgehead atoms. The molecule has 0 aromatic rings. The van der Waals surface area contributed by atoms with Gasteiger partial charge in [0, 0.05) is 35.2 Å². The lowest BCUT2D eigenvalue weighted by Gasteiger charge is -2.48. The summed E-state index contributed by atoms with van der Waals surface area (Å²) in [6, 6.07) is 0. The second-order valence-electron chi connectivity index (χ2n) is 10.4. The summed E-state index contributed by atoms with van der Waals surface area (Å²) < 4.78 is 0. The van der Waals surface area contributed by atoms with E-state index in [1.54, 1.807) is 37.5 Å². The van der Waals surface area contributed by atoms with Crippen molar-refractivity contribution in [3.63, 3.8) is 0 Å². The van der Waals surface area contributed by atoms with Crippen LogP contribution >= 0.6 is 14.3 Å². The lowest BCUT2D eigenvalue weighted by molar-refractivity contribution is 0.790. The van der Waals surface area contributed by atoms with Crippen molar-refractivity contribution < 1.29 is 0 Å². The maximum absolute atomic E-state index is 2.75. The summed E-state index contributed by atoms with van der Waals surface area (Å²) in [6.07, 6.45) is 15.9. The molecule has 0 amide bonds. The van der Waals surface area contributed by atoms with Gasteiger partial charge in [0.2, 0.25) is 0 Å². The maximum atomic E-state index is 2.75. The zero-order valence-electron chi connectivity index (χ0n) is 20.1. The fourth-order valence-electron chi connectivity index (χ4n) is 4.64. The standard InChI is InChI=1S/C22H58B2P2Si2/c1-11-17-25(23,18-12-2)21(27(5,6)7)15-16-22(28(8,9)10)26(24,19-13-3)20-14-4/h21-22H,11-20H2,1-10,23-24H3/t21-,22+. The molecule has 6 heteroatoms. The predicted octanol–water partition coefficient (Wildman–Crippen LogP) is 6.49. The van der Waals surface area contributed by atoms with Crippen molar-refractivity contribution >= 4 is 45.6 Å². The first-order valence-corrected chi connectivity index (χ1v) is 22.2. The fourth-order valence-corrected chi connectivity index (χ4v) is 22.0. The van der Waals surface area contributed by atoms with Crippen LogP contribution in [-0.4, -0.2) is 66.5 Å². The minimum atomic E-state index is -1.06. The van der Waals surface area contributed by atoms with E-state index in [4.69, 9.17) is 0 Å². The molecule has 0 nitrogen and oxygen atoms in total. The van der Waals surface area contributed by atoms with Crippen LogP contribution in [0.25, 0.3) is 0 Å². The average Bonchev–Trinajstić information content (AvgIpc) is 2.49. The summed E-state index contributed by atoms with van der Waals surface area (Å²) in [6.45, 7) is 26.4. The average molecular weight is 462 g/mol. The van der Waals surface area contributed by atoms with Gasteiger partial charge in [-0.1, -0.05) is 67.0 Å². The van der Waals surface area contributed by atoms with Crippen molar-refractivity contribution in [1.82, 2.24) is 0 Å². The first-order chi connectivity index (χ1) is 12.7. The molecule has 0 aliphatic rings. The Balaban J connectivity index is 5.83. The number of hydrogen-bond donors (Lipinski definition) is 0. The summed E-state index contributed by atoms with van der Waals surface area (Å²) in [7, 11) is -2.16. The van der Waals surface area contributed by atoms with E-state index in [0.29, 0.717) is 15.1 Å². The molecule has 28 heavy (non-hydrogen) atoms. The van der Waals surface area contributed by atoms with Gasteiger partial charge in [0.1, 0.15) is 15.1 Å². The van der Waals surface area contributed by atoms with Gasteiger partial charge in [-0.25, -0.2) is 0 Å². The Bertz CT molecular complexity index is 381. The Hall–Kier alpha value is 1.42. The van der Waals surface area contributed by atoms with Crippen LogP contribution in [0.5, 0.6) is 0 Å². The van der Waals surface area contributed by atoms with Gasteiger partial charge in [0.25, 0.3) is 0 Å². The molecule has 0 aromatic carbocycles. The summed E-state index contributed by atoms with van der Waals surface area (Å²) in [5.41, 5.74) is 0. The Labute approximate surface area is 186 Å². The fraction of sp³-hybridized carbons (Fsp3) is 1.00. The van der Waals surface area contributed by atoms with Crippen molar-refractivity contribution in [1.29, 1.82) is 0 Å². The molecular weight excluding hydrogens is 404 g/mol. The van der Waals surface area contributed by atoms with Crippen molar-refractivity contribution in [2.24, 2.45) is 0 Å². The second kappa shape index (κ2) is 12.5. The lowest BCUT2D eigenvalue weighted by atomic mass is 10.4. The van der Waals surface area contributed by atoms with Gasteiger partial charge in [-0.05, 0) is 38.5 Å². The van der Waals surface area contributed by atoms with Crippen molar-refractivity contribution in [3.05, 3.63) is 0 Å². The monoisotopic (exact) mass is 462 g/mol. The van der Waals surface area contributed by atoms with Crippen molar-refractivity contribution in [2.45, 2.75) is 116 Å². The normalized spacial score (nSPS) is 16.3. The third kappa shape index (κ3) is 8.88. The molecular formula is C22H58B2P2Si2. The topological polar surface area (TPSA) is 0 Å². The highest BCUT2D eigenvalue weighted by molar-refractivity contribution is 8.00. The van der Waals surface area contributed by atoms with Crippen LogP contribution in [0.2, 0.25) is 39.3 Å². The lowest BCUT2D eigenvalue weighted by Crippen LogP contribution is -2.46. The summed E-state index contributed by atoms with van der Waals surface area (Å²) in [5, 5.41) is 2.46. The molecule has 0 aliphatic heterocycles. The Morgan fingerprint density at radius 1 is 0.536 bits per heavy atom. The summed E-state index contributed by atoms with van der Waals surface area (Å²) in [5.74, 6) is 0. The van der Waals surface area contributed by atoms with Gasteiger partial charge in [-0.15, -0.1) is 0 Å². The molecule has 0 spiro atoms. The van der Waals surface area contributed by atoms with Gasteiger partial charge < -0.3 is 0 Å². The molecule has 0 rings (SSSR count). The SMILES string of the molecule is [BH3-][P+](CCC)(CCC)[C@H](CC[C@@H]([Si](C)(C)C)[P+]([BH3-])(CCC)CCC)[Si](C)(C)C. The highest BCUT2D eigenvalue weighted by Gasteiger charge is 2.46. The number of hydrogen-bond acceptors (Lipinski definition) is 0. The Kier molecular flexibility index (Phi) is 13.1. The van der Waals surface area contributed by atoms with Crippen LogP contribution in [0.15, 0.2) is 0 Å². The quantitative estimate of drug-likeness (QED) is 0.193. The zero-order valence-corrected chi connectivity index (χ0v) is 23.9. The molecule has 0 aromatic heterocycles. The van der Waals surface area contributed by atoms with Crippen LogP contribution < -0.4 is 0 Å². The Morgan fingerprint density at radius 3 is 0.893 bits per heavy atom. The van der Waals surface area contributed by atoms with Gasteiger partial charge in [-0.2, -0.15) is 14.3 Å². The molecule has 0 saturated carbocycles. The van der Waals surface area contributed by atoms with Crippen LogP contribution in [-0.2, 0) is 0 Å². The van der Waals surface area contributed by atoms with E-state index in [1.807, 2.05) is 0 Å². The highest BCUT2D eigenvalue weighted by atomic mass is 31.2. The molecule has 0 unspecified atom stereocenters. The van der Waals surface area contributed by atoms with Crippen molar-refractivity contribution in [3.8, 4) is 0 Å². The minimum absolute atomic E-state index is 0.512. The molecule has 0 radical (unpaired) electrons. The predicted molar refractivity (Wildman–Crippen MR) is 158 cm³/mol.